The molecule has 110 valence electrons. The van der Waals surface area contributed by atoms with Crippen LogP contribution < -0.4 is 5.73 Å². The molecule has 3 fully saturated rings. The van der Waals surface area contributed by atoms with E-state index in [-0.39, 0.29) is 11.9 Å². The molecular formula is C14H16FN5O. The quantitative estimate of drug-likeness (QED) is 0.836. The molecule has 3 aliphatic heterocycles. The molecule has 6 nitrogen and oxygen atoms in total. The first kappa shape index (κ1) is 12.7. The van der Waals surface area contributed by atoms with Gasteiger partial charge in [-0.3, -0.25) is 9.80 Å². The van der Waals surface area contributed by atoms with Crippen molar-refractivity contribution >= 4 is 5.69 Å². The molecule has 0 aliphatic carbocycles. The smallest absolute Gasteiger partial charge is 0.260 e. The predicted molar refractivity (Wildman–Crippen MR) is 74.9 cm³/mol. The summed E-state index contributed by atoms with van der Waals surface area (Å²) in [5, 5.41) is 4.05. The number of rotatable bonds is 2. The van der Waals surface area contributed by atoms with Crippen LogP contribution in [0.3, 0.4) is 0 Å². The minimum absolute atomic E-state index is 0.141. The molecule has 1 aromatic heterocycles. The second-order valence-electron chi connectivity index (χ2n) is 5.55. The maximum atomic E-state index is 13.9. The van der Waals surface area contributed by atoms with Gasteiger partial charge in [-0.15, -0.1) is 0 Å². The fourth-order valence-electron chi connectivity index (χ4n) is 3.05. The van der Waals surface area contributed by atoms with Crippen molar-refractivity contribution in [2.75, 3.05) is 38.5 Å². The summed E-state index contributed by atoms with van der Waals surface area (Å²) in [5.41, 5.74) is 6.22. The predicted octanol–water partition coefficient (Wildman–Crippen LogP) is 1.13. The molecule has 7 heteroatoms. The van der Waals surface area contributed by atoms with E-state index in [1.165, 1.54) is 6.07 Å². The molecule has 0 spiro atoms. The molecular weight excluding hydrogens is 273 g/mol. The third-order valence-electron chi connectivity index (χ3n) is 4.24. The van der Waals surface area contributed by atoms with Gasteiger partial charge in [0.2, 0.25) is 0 Å². The first-order chi connectivity index (χ1) is 10.2. The van der Waals surface area contributed by atoms with Crippen LogP contribution in [0, 0.1) is 5.82 Å². The van der Waals surface area contributed by atoms with E-state index in [1.807, 2.05) is 0 Å². The van der Waals surface area contributed by atoms with E-state index in [1.54, 1.807) is 12.1 Å². The van der Waals surface area contributed by atoms with Gasteiger partial charge >= 0.3 is 0 Å². The highest BCUT2D eigenvalue weighted by Gasteiger charge is 2.35. The summed E-state index contributed by atoms with van der Waals surface area (Å²) in [6, 6.07) is 4.59. The van der Waals surface area contributed by atoms with Gasteiger partial charge < -0.3 is 10.3 Å². The zero-order valence-electron chi connectivity index (χ0n) is 11.5. The molecule has 0 radical (unpaired) electrons. The van der Waals surface area contributed by atoms with Crippen LogP contribution in [0.5, 0.6) is 0 Å². The number of aromatic nitrogens is 2. The number of halogens is 1. The van der Waals surface area contributed by atoms with Crippen molar-refractivity contribution in [1.29, 1.82) is 0 Å². The van der Waals surface area contributed by atoms with E-state index in [2.05, 4.69) is 19.9 Å². The van der Waals surface area contributed by atoms with Crippen molar-refractivity contribution in [3.8, 4) is 11.5 Å². The number of piperazine rings is 3. The van der Waals surface area contributed by atoms with Crippen molar-refractivity contribution in [2.45, 2.75) is 6.04 Å². The molecule has 5 rings (SSSR count). The monoisotopic (exact) mass is 289 g/mol. The minimum Gasteiger partial charge on any atom is -0.399 e. The molecule has 1 aromatic carbocycles. The number of benzene rings is 1. The summed E-state index contributed by atoms with van der Waals surface area (Å²) < 4.78 is 19.2. The number of hydrogen-bond acceptors (Lipinski definition) is 6. The molecule has 3 aliphatic rings. The second kappa shape index (κ2) is 4.78. The van der Waals surface area contributed by atoms with Gasteiger partial charge in [0.25, 0.3) is 5.89 Å². The van der Waals surface area contributed by atoms with Crippen LogP contribution in [0.15, 0.2) is 22.7 Å². The fourth-order valence-corrected chi connectivity index (χ4v) is 3.05. The third kappa shape index (κ3) is 2.18. The lowest BCUT2D eigenvalue weighted by Gasteiger charge is -2.46. The Bertz CT molecular complexity index is 665. The van der Waals surface area contributed by atoms with Gasteiger partial charge in [0, 0.05) is 38.4 Å². The Morgan fingerprint density at radius 1 is 1.24 bits per heavy atom. The summed E-state index contributed by atoms with van der Waals surface area (Å²) in [6.45, 7) is 5.13. The van der Waals surface area contributed by atoms with Crippen LogP contribution in [0.2, 0.25) is 0 Å². The van der Waals surface area contributed by atoms with Gasteiger partial charge in [-0.1, -0.05) is 5.16 Å². The maximum absolute atomic E-state index is 13.9. The standard InChI is InChI=1S/C14H16FN5O/c15-11-7-9(16)1-2-10(11)14-17-13(18-21-14)12-8-19-3-5-20(12)6-4-19/h1-2,7,12H,3-6,8,16H2. The Morgan fingerprint density at radius 2 is 2.05 bits per heavy atom. The Morgan fingerprint density at radius 3 is 2.71 bits per heavy atom. The van der Waals surface area contributed by atoms with Crippen LogP contribution in [-0.4, -0.2) is 52.7 Å². The number of nitrogens with zero attached hydrogens (tertiary/aromatic N) is 4. The van der Waals surface area contributed by atoms with E-state index in [9.17, 15) is 4.39 Å². The summed E-state index contributed by atoms with van der Waals surface area (Å²) in [6.07, 6.45) is 0. The Kier molecular flexibility index (Phi) is 2.90. The normalized spacial score (nSPS) is 28.0. The highest BCUT2D eigenvalue weighted by molar-refractivity contribution is 5.58. The molecule has 1 unspecified atom stereocenters. The second-order valence-corrected chi connectivity index (χ2v) is 5.55. The maximum Gasteiger partial charge on any atom is 0.260 e. The molecule has 3 saturated heterocycles. The Hall–Kier alpha value is -1.99. The number of fused-ring (bicyclic) bond motifs is 3. The molecule has 2 N–H and O–H groups in total. The number of anilines is 1. The van der Waals surface area contributed by atoms with Crippen LogP contribution in [-0.2, 0) is 0 Å². The van der Waals surface area contributed by atoms with Gasteiger partial charge in [0.1, 0.15) is 5.82 Å². The summed E-state index contributed by atoms with van der Waals surface area (Å²) in [4.78, 5) is 9.13. The summed E-state index contributed by atoms with van der Waals surface area (Å²) in [7, 11) is 0. The summed E-state index contributed by atoms with van der Waals surface area (Å²) >= 11 is 0. The average Bonchev–Trinajstić information content (AvgIpc) is 2.98. The molecule has 0 amide bonds. The lowest BCUT2D eigenvalue weighted by Crippen LogP contribution is -2.57. The number of hydrogen-bond donors (Lipinski definition) is 1. The van der Waals surface area contributed by atoms with Crippen molar-refractivity contribution in [2.24, 2.45) is 0 Å². The first-order valence-electron chi connectivity index (χ1n) is 7.06. The Labute approximate surface area is 121 Å². The number of nitrogens with two attached hydrogens (primary N) is 1. The van der Waals surface area contributed by atoms with E-state index >= 15 is 0 Å². The highest BCUT2D eigenvalue weighted by atomic mass is 19.1. The van der Waals surface area contributed by atoms with Crippen molar-refractivity contribution in [1.82, 2.24) is 19.9 Å². The topological polar surface area (TPSA) is 71.4 Å². The number of nitrogen functional groups attached to an aromatic ring is 1. The zero-order chi connectivity index (χ0) is 14.4. The van der Waals surface area contributed by atoms with Gasteiger partial charge in [0.15, 0.2) is 5.82 Å². The third-order valence-corrected chi connectivity index (χ3v) is 4.24. The van der Waals surface area contributed by atoms with Gasteiger partial charge in [-0.2, -0.15) is 4.98 Å². The molecule has 2 bridgehead atoms. The van der Waals surface area contributed by atoms with Gasteiger partial charge in [-0.05, 0) is 18.2 Å². The van der Waals surface area contributed by atoms with E-state index < -0.39 is 5.82 Å². The van der Waals surface area contributed by atoms with E-state index in [4.69, 9.17) is 10.3 Å². The van der Waals surface area contributed by atoms with Crippen LogP contribution in [0.1, 0.15) is 11.9 Å². The fraction of sp³-hybridized carbons (Fsp3) is 0.429. The molecule has 21 heavy (non-hydrogen) atoms. The zero-order valence-corrected chi connectivity index (χ0v) is 11.5. The van der Waals surface area contributed by atoms with Crippen LogP contribution >= 0.6 is 0 Å². The largest absolute Gasteiger partial charge is 0.399 e. The molecule has 2 aromatic rings. The van der Waals surface area contributed by atoms with Gasteiger partial charge in [0.05, 0.1) is 11.6 Å². The van der Waals surface area contributed by atoms with Gasteiger partial charge in [-0.25, -0.2) is 4.39 Å². The summed E-state index contributed by atoms with van der Waals surface area (Å²) in [5.74, 6) is 0.394. The van der Waals surface area contributed by atoms with Crippen molar-refractivity contribution in [3.63, 3.8) is 0 Å². The van der Waals surface area contributed by atoms with E-state index in [0.717, 1.165) is 32.7 Å². The van der Waals surface area contributed by atoms with Crippen LogP contribution in [0.25, 0.3) is 11.5 Å². The van der Waals surface area contributed by atoms with Crippen molar-refractivity contribution in [3.05, 3.63) is 29.8 Å². The molecule has 1 atom stereocenters. The SMILES string of the molecule is Nc1ccc(-c2nc(C3CN4CCN3CC4)no2)c(F)c1. The van der Waals surface area contributed by atoms with Crippen LogP contribution in [0.4, 0.5) is 10.1 Å². The molecule has 4 heterocycles. The average molecular weight is 289 g/mol. The lowest BCUT2D eigenvalue weighted by atomic mass is 10.1. The van der Waals surface area contributed by atoms with E-state index in [0.29, 0.717) is 17.1 Å². The Balaban J connectivity index is 1.64. The molecule has 0 saturated carbocycles. The minimum atomic E-state index is -0.445. The lowest BCUT2D eigenvalue weighted by molar-refractivity contribution is 0.00781. The first-order valence-corrected chi connectivity index (χ1v) is 7.06. The van der Waals surface area contributed by atoms with Crippen molar-refractivity contribution < 1.29 is 8.91 Å². The highest BCUT2D eigenvalue weighted by Crippen LogP contribution is 2.29.